The summed E-state index contributed by atoms with van der Waals surface area (Å²) < 4.78 is 10.9. The quantitative estimate of drug-likeness (QED) is 0.816. The summed E-state index contributed by atoms with van der Waals surface area (Å²) in [6.07, 6.45) is 1.44. The molecule has 0 amide bonds. The number of nitrogens with zero attached hydrogens (tertiary/aromatic N) is 2. The summed E-state index contributed by atoms with van der Waals surface area (Å²) in [6.45, 7) is 0. The lowest BCUT2D eigenvalue weighted by Gasteiger charge is -2.05. The maximum absolute atomic E-state index is 11.3. The lowest BCUT2D eigenvalue weighted by atomic mass is 10.3. The summed E-state index contributed by atoms with van der Waals surface area (Å²) in [5.41, 5.74) is 0. The lowest BCUT2D eigenvalue weighted by molar-refractivity contribution is 0.0585. The minimum absolute atomic E-state index is 0.0370. The van der Waals surface area contributed by atoms with Crippen molar-refractivity contribution in [1.29, 1.82) is 0 Å². The van der Waals surface area contributed by atoms with E-state index in [1.165, 1.54) is 13.3 Å². The Kier molecular flexibility index (Phi) is 3.88. The highest BCUT2D eigenvalue weighted by Gasteiger charge is 2.10. The van der Waals surface area contributed by atoms with Crippen molar-refractivity contribution in [3.05, 3.63) is 46.8 Å². The number of methoxy groups -OCH3 is 1. The summed E-state index contributed by atoms with van der Waals surface area (Å²) in [4.78, 5) is 19.0. The van der Waals surface area contributed by atoms with Gasteiger partial charge in [0.05, 0.1) is 7.11 Å². The van der Waals surface area contributed by atoms with Crippen molar-refractivity contribution in [1.82, 2.24) is 9.97 Å². The van der Waals surface area contributed by atoms with Crippen LogP contribution in [0.15, 0.2) is 41.0 Å². The summed E-state index contributed by atoms with van der Waals surface area (Å²) in [6, 6.07) is 8.85. The van der Waals surface area contributed by atoms with Crippen LogP contribution in [0.25, 0.3) is 0 Å². The molecular weight excluding hydrogens is 300 g/mol. The largest absolute Gasteiger partial charge is 0.463 e. The Balaban J connectivity index is 2.22. The van der Waals surface area contributed by atoms with E-state index in [1.54, 1.807) is 18.2 Å². The van der Waals surface area contributed by atoms with Gasteiger partial charge in [-0.2, -0.15) is 4.98 Å². The van der Waals surface area contributed by atoms with Gasteiger partial charge in [0, 0.05) is 16.7 Å². The van der Waals surface area contributed by atoms with Gasteiger partial charge in [-0.1, -0.05) is 22.0 Å². The molecule has 1 aromatic heterocycles. The number of rotatable bonds is 3. The first-order chi connectivity index (χ1) is 8.69. The van der Waals surface area contributed by atoms with Crippen molar-refractivity contribution < 1.29 is 14.3 Å². The van der Waals surface area contributed by atoms with Crippen molar-refractivity contribution in [2.75, 3.05) is 7.11 Å². The van der Waals surface area contributed by atoms with Crippen LogP contribution in [0.2, 0.25) is 0 Å². The molecule has 0 spiro atoms. The van der Waals surface area contributed by atoms with Crippen molar-refractivity contribution >= 4 is 21.9 Å². The van der Waals surface area contributed by atoms with Gasteiger partial charge in [0.15, 0.2) is 0 Å². The molecule has 0 atom stereocenters. The van der Waals surface area contributed by atoms with E-state index >= 15 is 0 Å². The smallest absolute Gasteiger partial charge is 0.376 e. The zero-order chi connectivity index (χ0) is 13.0. The van der Waals surface area contributed by atoms with Crippen LogP contribution < -0.4 is 4.74 Å². The van der Waals surface area contributed by atoms with E-state index in [0.29, 0.717) is 5.75 Å². The van der Waals surface area contributed by atoms with E-state index < -0.39 is 5.97 Å². The number of hydrogen-bond acceptors (Lipinski definition) is 5. The Bertz CT molecular complexity index is 575. The molecule has 0 saturated heterocycles. The fraction of sp³-hybridized carbons (Fsp3) is 0.0833. The molecule has 18 heavy (non-hydrogen) atoms. The second kappa shape index (κ2) is 5.59. The van der Waals surface area contributed by atoms with E-state index in [2.05, 4.69) is 30.6 Å². The zero-order valence-electron chi connectivity index (χ0n) is 9.46. The van der Waals surface area contributed by atoms with E-state index in [1.807, 2.05) is 12.1 Å². The molecule has 0 bridgehead atoms. The molecule has 6 heteroatoms. The van der Waals surface area contributed by atoms with Gasteiger partial charge in [-0.25, -0.2) is 9.78 Å². The van der Waals surface area contributed by atoms with Crippen LogP contribution in [-0.4, -0.2) is 23.0 Å². The third kappa shape index (κ3) is 3.04. The molecule has 0 aliphatic heterocycles. The maximum Gasteiger partial charge on any atom is 0.376 e. The number of aromatic nitrogens is 2. The molecular formula is C12H9BrN2O3. The van der Waals surface area contributed by atoms with Gasteiger partial charge >= 0.3 is 5.97 Å². The molecule has 0 radical (unpaired) electrons. The van der Waals surface area contributed by atoms with Gasteiger partial charge in [0.1, 0.15) is 5.75 Å². The molecule has 0 saturated carbocycles. The SMILES string of the molecule is COC(=O)c1nccc(Oc2cccc(Br)c2)n1. The van der Waals surface area contributed by atoms with Gasteiger partial charge < -0.3 is 9.47 Å². The Hall–Kier alpha value is -1.95. The topological polar surface area (TPSA) is 61.3 Å². The fourth-order valence-electron chi connectivity index (χ4n) is 1.24. The normalized spacial score (nSPS) is 9.89. The average molecular weight is 309 g/mol. The van der Waals surface area contributed by atoms with Crippen molar-refractivity contribution in [2.24, 2.45) is 0 Å². The summed E-state index contributed by atoms with van der Waals surface area (Å²) >= 11 is 3.34. The van der Waals surface area contributed by atoms with Crippen LogP contribution in [0.4, 0.5) is 0 Å². The Morgan fingerprint density at radius 3 is 2.89 bits per heavy atom. The maximum atomic E-state index is 11.3. The van der Waals surface area contributed by atoms with Gasteiger partial charge in [0.25, 0.3) is 0 Å². The van der Waals surface area contributed by atoms with Crippen LogP contribution >= 0.6 is 15.9 Å². The predicted molar refractivity (Wildman–Crippen MR) is 67.6 cm³/mol. The number of carbonyl (C=O) groups excluding carboxylic acids is 1. The molecule has 0 aliphatic rings. The van der Waals surface area contributed by atoms with Crippen molar-refractivity contribution in [2.45, 2.75) is 0 Å². The number of halogens is 1. The predicted octanol–water partition coefficient (Wildman–Crippen LogP) is 2.82. The highest BCUT2D eigenvalue weighted by atomic mass is 79.9. The van der Waals surface area contributed by atoms with Crippen LogP contribution in [0, 0.1) is 0 Å². The number of benzene rings is 1. The molecule has 5 nitrogen and oxygen atoms in total. The van der Waals surface area contributed by atoms with Crippen molar-refractivity contribution in [3.8, 4) is 11.6 Å². The highest BCUT2D eigenvalue weighted by Crippen LogP contribution is 2.22. The third-order valence-electron chi connectivity index (χ3n) is 2.02. The molecule has 92 valence electrons. The van der Waals surface area contributed by atoms with Crippen LogP contribution in [0.5, 0.6) is 11.6 Å². The monoisotopic (exact) mass is 308 g/mol. The first-order valence-corrected chi connectivity index (χ1v) is 5.83. The summed E-state index contributed by atoms with van der Waals surface area (Å²) in [5, 5.41) is 0. The molecule has 0 fully saturated rings. The first kappa shape index (κ1) is 12.5. The van der Waals surface area contributed by atoms with Crippen LogP contribution in [-0.2, 0) is 4.74 Å². The minimum atomic E-state index is -0.602. The van der Waals surface area contributed by atoms with Crippen molar-refractivity contribution in [3.63, 3.8) is 0 Å². The van der Waals surface area contributed by atoms with E-state index in [0.717, 1.165) is 4.47 Å². The van der Waals surface area contributed by atoms with Gasteiger partial charge in [0.2, 0.25) is 11.7 Å². The molecule has 2 rings (SSSR count). The highest BCUT2D eigenvalue weighted by molar-refractivity contribution is 9.10. The summed E-state index contributed by atoms with van der Waals surface area (Å²) in [7, 11) is 1.27. The second-order valence-corrected chi connectivity index (χ2v) is 4.19. The van der Waals surface area contributed by atoms with Gasteiger partial charge in [-0.3, -0.25) is 0 Å². The lowest BCUT2D eigenvalue weighted by Crippen LogP contribution is -2.07. The molecule has 1 heterocycles. The molecule has 1 aromatic carbocycles. The third-order valence-corrected chi connectivity index (χ3v) is 2.51. The molecule has 0 aliphatic carbocycles. The standard InChI is InChI=1S/C12H9BrN2O3/c1-17-12(16)11-14-6-5-10(15-11)18-9-4-2-3-8(13)7-9/h2-7H,1H3. The van der Waals surface area contributed by atoms with Gasteiger partial charge in [-0.15, -0.1) is 0 Å². The Labute approximate surface area is 112 Å². The van der Waals surface area contributed by atoms with Crippen LogP contribution in [0.1, 0.15) is 10.6 Å². The Morgan fingerprint density at radius 2 is 2.17 bits per heavy atom. The first-order valence-electron chi connectivity index (χ1n) is 5.04. The molecule has 2 aromatic rings. The van der Waals surface area contributed by atoms with E-state index in [-0.39, 0.29) is 11.7 Å². The van der Waals surface area contributed by atoms with E-state index in [9.17, 15) is 4.79 Å². The number of hydrogen-bond donors (Lipinski definition) is 0. The number of carbonyl (C=O) groups is 1. The fourth-order valence-corrected chi connectivity index (χ4v) is 1.62. The molecule has 0 N–H and O–H groups in total. The zero-order valence-corrected chi connectivity index (χ0v) is 11.0. The molecule has 0 unspecified atom stereocenters. The number of ether oxygens (including phenoxy) is 2. The minimum Gasteiger partial charge on any atom is -0.463 e. The van der Waals surface area contributed by atoms with Gasteiger partial charge in [-0.05, 0) is 18.2 Å². The second-order valence-electron chi connectivity index (χ2n) is 3.27. The number of esters is 1. The van der Waals surface area contributed by atoms with E-state index in [4.69, 9.17) is 4.74 Å². The average Bonchev–Trinajstić information content (AvgIpc) is 2.38. The Morgan fingerprint density at radius 1 is 1.33 bits per heavy atom. The summed E-state index contributed by atoms with van der Waals surface area (Å²) in [5.74, 6) is 0.252. The van der Waals surface area contributed by atoms with Crippen LogP contribution in [0.3, 0.4) is 0 Å².